The van der Waals surface area contributed by atoms with Gasteiger partial charge in [-0.1, -0.05) is 0 Å². The Morgan fingerprint density at radius 2 is 1.92 bits per heavy atom. The Balaban J connectivity index is 1.73. The van der Waals surface area contributed by atoms with Crippen LogP contribution in [0.4, 0.5) is 0 Å². The summed E-state index contributed by atoms with van der Waals surface area (Å²) in [6.07, 6.45) is 4.95. The monoisotopic (exact) mass is 350 g/mol. The van der Waals surface area contributed by atoms with Gasteiger partial charge in [-0.3, -0.25) is 10.1 Å². The maximum atomic E-state index is 12.2. The SMILES string of the molecule is Cc1cc(-c2cncc(C3CCN(S(=O)(=O)N(C)C)CC3)n2)n[nH]1. The topological polar surface area (TPSA) is 95.1 Å². The Morgan fingerprint density at radius 1 is 1.21 bits per heavy atom. The average Bonchev–Trinajstić information content (AvgIpc) is 3.01. The summed E-state index contributed by atoms with van der Waals surface area (Å²) in [6.45, 7) is 2.94. The van der Waals surface area contributed by atoms with Crippen molar-refractivity contribution in [3.05, 3.63) is 29.8 Å². The summed E-state index contributed by atoms with van der Waals surface area (Å²) in [6, 6.07) is 1.93. The summed E-state index contributed by atoms with van der Waals surface area (Å²) in [4.78, 5) is 8.96. The molecule has 0 aromatic carbocycles. The molecule has 1 saturated heterocycles. The predicted molar refractivity (Wildman–Crippen MR) is 90.5 cm³/mol. The summed E-state index contributed by atoms with van der Waals surface area (Å²) in [5, 5.41) is 7.12. The molecule has 3 rings (SSSR count). The largest absolute Gasteiger partial charge is 0.282 e. The van der Waals surface area contributed by atoms with Gasteiger partial charge < -0.3 is 0 Å². The van der Waals surface area contributed by atoms with Crippen LogP contribution in [0.2, 0.25) is 0 Å². The van der Waals surface area contributed by atoms with Crippen molar-refractivity contribution >= 4 is 10.2 Å². The van der Waals surface area contributed by atoms with E-state index in [1.54, 1.807) is 26.5 Å². The van der Waals surface area contributed by atoms with Crippen molar-refractivity contribution in [1.29, 1.82) is 0 Å². The number of hydrogen-bond donors (Lipinski definition) is 1. The van der Waals surface area contributed by atoms with Crippen molar-refractivity contribution in [3.63, 3.8) is 0 Å². The molecule has 24 heavy (non-hydrogen) atoms. The van der Waals surface area contributed by atoms with Gasteiger partial charge in [0.15, 0.2) is 0 Å². The lowest BCUT2D eigenvalue weighted by molar-refractivity contribution is 0.300. The normalized spacial score (nSPS) is 17.5. The standard InChI is InChI=1S/C15H22N6O2S/c1-11-8-13(19-18-11)15-10-16-9-14(17-15)12-4-6-21(7-5-12)24(22,23)20(2)3/h8-10,12H,4-7H2,1-3H3,(H,18,19). The van der Waals surface area contributed by atoms with E-state index in [9.17, 15) is 8.42 Å². The Labute approximate surface area is 142 Å². The van der Waals surface area contributed by atoms with Crippen LogP contribution in [0.15, 0.2) is 18.5 Å². The molecule has 1 aliphatic rings. The molecule has 0 atom stereocenters. The summed E-state index contributed by atoms with van der Waals surface area (Å²) in [7, 11) is -0.222. The number of H-pyrrole nitrogens is 1. The fraction of sp³-hybridized carbons (Fsp3) is 0.533. The van der Waals surface area contributed by atoms with Crippen molar-refractivity contribution in [1.82, 2.24) is 28.8 Å². The van der Waals surface area contributed by atoms with Crippen molar-refractivity contribution in [3.8, 4) is 11.4 Å². The van der Waals surface area contributed by atoms with Crippen molar-refractivity contribution in [2.24, 2.45) is 0 Å². The zero-order chi connectivity index (χ0) is 17.3. The number of nitrogens with one attached hydrogen (secondary N) is 1. The smallest absolute Gasteiger partial charge is 0.281 e. The van der Waals surface area contributed by atoms with Crippen LogP contribution in [0, 0.1) is 6.92 Å². The number of hydrogen-bond acceptors (Lipinski definition) is 5. The Kier molecular flexibility index (Phi) is 4.66. The van der Waals surface area contributed by atoms with Crippen LogP contribution in [0.3, 0.4) is 0 Å². The van der Waals surface area contributed by atoms with Gasteiger partial charge in [-0.25, -0.2) is 4.98 Å². The van der Waals surface area contributed by atoms with E-state index in [1.807, 2.05) is 13.0 Å². The van der Waals surface area contributed by atoms with Gasteiger partial charge in [0.2, 0.25) is 0 Å². The molecule has 0 saturated carbocycles. The number of nitrogens with zero attached hydrogens (tertiary/aromatic N) is 5. The molecule has 0 bridgehead atoms. The van der Waals surface area contributed by atoms with Gasteiger partial charge in [-0.05, 0) is 25.8 Å². The molecular weight excluding hydrogens is 328 g/mol. The van der Waals surface area contributed by atoms with Crippen molar-refractivity contribution in [2.45, 2.75) is 25.7 Å². The molecule has 2 aromatic rings. The average molecular weight is 350 g/mol. The van der Waals surface area contributed by atoms with Crippen molar-refractivity contribution < 1.29 is 8.42 Å². The maximum Gasteiger partial charge on any atom is 0.281 e. The van der Waals surface area contributed by atoms with Crippen LogP contribution >= 0.6 is 0 Å². The first kappa shape index (κ1) is 17.0. The molecule has 9 heteroatoms. The Bertz CT molecular complexity index is 809. The van der Waals surface area contributed by atoms with Crippen molar-refractivity contribution in [2.75, 3.05) is 27.2 Å². The van der Waals surface area contributed by atoms with E-state index in [0.29, 0.717) is 13.1 Å². The first-order valence-corrected chi connectivity index (χ1v) is 9.29. The van der Waals surface area contributed by atoms with Gasteiger partial charge in [-0.2, -0.15) is 22.1 Å². The van der Waals surface area contributed by atoms with E-state index in [0.717, 1.165) is 35.6 Å². The lowest BCUT2D eigenvalue weighted by Crippen LogP contribution is -2.44. The van der Waals surface area contributed by atoms with Crippen LogP contribution < -0.4 is 0 Å². The summed E-state index contributed by atoms with van der Waals surface area (Å²) in [5.74, 6) is 0.214. The van der Waals surface area contributed by atoms with Gasteiger partial charge in [0, 0.05) is 45.0 Å². The number of aromatic amines is 1. The third-order valence-corrected chi connectivity index (χ3v) is 6.22. The highest BCUT2D eigenvalue weighted by Crippen LogP contribution is 2.29. The zero-order valence-corrected chi connectivity index (χ0v) is 14.9. The molecular formula is C15H22N6O2S. The number of aryl methyl sites for hydroxylation is 1. The maximum absolute atomic E-state index is 12.2. The number of rotatable bonds is 4. The number of aromatic nitrogens is 4. The Morgan fingerprint density at radius 3 is 2.50 bits per heavy atom. The minimum absolute atomic E-state index is 0.214. The molecule has 1 N–H and O–H groups in total. The molecule has 0 spiro atoms. The van der Waals surface area contributed by atoms with E-state index in [4.69, 9.17) is 0 Å². The third kappa shape index (κ3) is 3.33. The summed E-state index contributed by atoms with van der Waals surface area (Å²) in [5.41, 5.74) is 3.38. The van der Waals surface area contributed by atoms with E-state index in [2.05, 4.69) is 20.2 Å². The lowest BCUT2D eigenvalue weighted by Gasteiger charge is -2.32. The fourth-order valence-corrected chi connectivity index (χ4v) is 4.00. The minimum Gasteiger partial charge on any atom is -0.282 e. The first-order valence-electron chi connectivity index (χ1n) is 7.90. The van der Waals surface area contributed by atoms with Crippen LogP contribution in [0.5, 0.6) is 0 Å². The highest BCUT2D eigenvalue weighted by molar-refractivity contribution is 7.86. The van der Waals surface area contributed by atoms with E-state index in [1.165, 1.54) is 8.61 Å². The molecule has 0 aliphatic carbocycles. The molecule has 130 valence electrons. The molecule has 1 aliphatic heterocycles. The minimum atomic E-state index is -3.34. The summed E-state index contributed by atoms with van der Waals surface area (Å²) >= 11 is 0. The molecule has 2 aromatic heterocycles. The van der Waals surface area contributed by atoms with Crippen LogP contribution in [-0.2, 0) is 10.2 Å². The molecule has 1 fully saturated rings. The zero-order valence-electron chi connectivity index (χ0n) is 14.1. The lowest BCUT2D eigenvalue weighted by atomic mass is 9.95. The van der Waals surface area contributed by atoms with E-state index >= 15 is 0 Å². The fourth-order valence-electron chi connectivity index (χ4n) is 2.86. The molecule has 3 heterocycles. The van der Waals surface area contributed by atoms with Crippen LogP contribution in [-0.4, -0.2) is 64.4 Å². The number of piperidine rings is 1. The van der Waals surface area contributed by atoms with Gasteiger partial charge in [0.1, 0.15) is 11.4 Å². The summed E-state index contributed by atoms with van der Waals surface area (Å²) < 4.78 is 27.1. The molecule has 8 nitrogen and oxygen atoms in total. The van der Waals surface area contributed by atoms with E-state index < -0.39 is 10.2 Å². The molecule has 0 radical (unpaired) electrons. The molecule has 0 unspecified atom stereocenters. The quantitative estimate of drug-likeness (QED) is 0.893. The highest BCUT2D eigenvalue weighted by Gasteiger charge is 2.30. The van der Waals surface area contributed by atoms with Crippen LogP contribution in [0.1, 0.15) is 30.1 Å². The second kappa shape index (κ2) is 6.58. The third-order valence-electron chi connectivity index (χ3n) is 4.28. The highest BCUT2D eigenvalue weighted by atomic mass is 32.2. The van der Waals surface area contributed by atoms with Gasteiger partial charge in [0.05, 0.1) is 11.9 Å². The van der Waals surface area contributed by atoms with Gasteiger partial charge in [-0.15, -0.1) is 0 Å². The Hall–Kier alpha value is -1.84. The second-order valence-electron chi connectivity index (χ2n) is 6.23. The van der Waals surface area contributed by atoms with E-state index in [-0.39, 0.29) is 5.92 Å². The van der Waals surface area contributed by atoms with Crippen LogP contribution in [0.25, 0.3) is 11.4 Å². The van der Waals surface area contributed by atoms with Gasteiger partial charge in [0.25, 0.3) is 10.2 Å². The molecule has 0 amide bonds. The predicted octanol–water partition coefficient (Wildman–Crippen LogP) is 1.16. The second-order valence-corrected chi connectivity index (χ2v) is 8.37. The van der Waals surface area contributed by atoms with Gasteiger partial charge >= 0.3 is 0 Å². The first-order chi connectivity index (χ1) is 11.4.